The topological polar surface area (TPSA) is 45.8 Å². The van der Waals surface area contributed by atoms with Gasteiger partial charge in [-0.2, -0.15) is 5.10 Å². The van der Waals surface area contributed by atoms with Crippen LogP contribution in [0.1, 0.15) is 10.5 Å². The van der Waals surface area contributed by atoms with E-state index in [0.717, 1.165) is 3.57 Å². The zero-order valence-electron chi connectivity index (χ0n) is 6.34. The van der Waals surface area contributed by atoms with E-state index < -0.39 is 5.82 Å². The Morgan fingerprint density at radius 1 is 1.54 bits per heavy atom. The van der Waals surface area contributed by atoms with Crippen molar-refractivity contribution in [3.8, 4) is 0 Å². The summed E-state index contributed by atoms with van der Waals surface area (Å²) < 4.78 is 14.1. The summed E-state index contributed by atoms with van der Waals surface area (Å²) in [6, 6.07) is 3.08. The number of aromatic nitrogens is 2. The molecule has 1 heterocycles. The lowest BCUT2D eigenvalue weighted by Crippen LogP contribution is -1.84. The van der Waals surface area contributed by atoms with Crippen molar-refractivity contribution < 1.29 is 9.18 Å². The van der Waals surface area contributed by atoms with E-state index in [9.17, 15) is 9.18 Å². The Kier molecular flexibility index (Phi) is 2.03. The Hall–Kier alpha value is -0.980. The first kappa shape index (κ1) is 8.61. The van der Waals surface area contributed by atoms with E-state index in [1.54, 1.807) is 6.07 Å². The molecular formula is C8H4FIN2O. The minimum absolute atomic E-state index is 0.184. The average Bonchev–Trinajstić information content (AvgIpc) is 2.47. The summed E-state index contributed by atoms with van der Waals surface area (Å²) in [5.41, 5.74) is 0.662. The summed E-state index contributed by atoms with van der Waals surface area (Å²) in [4.78, 5) is 10.5. The second kappa shape index (κ2) is 3.06. The van der Waals surface area contributed by atoms with Crippen LogP contribution in [0.5, 0.6) is 0 Å². The van der Waals surface area contributed by atoms with Gasteiger partial charge in [-0.25, -0.2) is 4.39 Å². The van der Waals surface area contributed by atoms with Crippen LogP contribution < -0.4 is 0 Å². The molecule has 5 heteroatoms. The molecule has 13 heavy (non-hydrogen) atoms. The van der Waals surface area contributed by atoms with Crippen molar-refractivity contribution in [3.63, 3.8) is 0 Å². The normalized spacial score (nSPS) is 10.6. The highest BCUT2D eigenvalue weighted by Gasteiger charge is 2.10. The van der Waals surface area contributed by atoms with Crippen molar-refractivity contribution >= 4 is 39.8 Å². The van der Waals surface area contributed by atoms with Gasteiger partial charge in [-0.05, 0) is 34.7 Å². The van der Waals surface area contributed by atoms with E-state index >= 15 is 0 Å². The van der Waals surface area contributed by atoms with Gasteiger partial charge in [0.25, 0.3) is 0 Å². The number of aldehydes is 1. The monoisotopic (exact) mass is 290 g/mol. The molecule has 0 atom stereocenters. The molecule has 0 amide bonds. The Morgan fingerprint density at radius 2 is 2.31 bits per heavy atom. The molecule has 0 fully saturated rings. The van der Waals surface area contributed by atoms with Gasteiger partial charge in [-0.15, -0.1) is 0 Å². The third kappa shape index (κ3) is 1.32. The lowest BCUT2D eigenvalue weighted by atomic mass is 10.2. The SMILES string of the molecule is O=Cc1[nH]nc2cc(I)cc(F)c12. The van der Waals surface area contributed by atoms with Gasteiger partial charge in [0.05, 0.1) is 10.9 Å². The molecule has 3 nitrogen and oxygen atoms in total. The minimum atomic E-state index is -0.419. The molecule has 0 aliphatic heterocycles. The van der Waals surface area contributed by atoms with Gasteiger partial charge < -0.3 is 0 Å². The summed E-state index contributed by atoms with van der Waals surface area (Å²) >= 11 is 1.99. The maximum Gasteiger partial charge on any atom is 0.168 e. The minimum Gasteiger partial charge on any atom is -0.296 e. The Morgan fingerprint density at radius 3 is 3.00 bits per heavy atom. The number of fused-ring (bicyclic) bond motifs is 1. The highest BCUT2D eigenvalue weighted by molar-refractivity contribution is 14.1. The van der Waals surface area contributed by atoms with Crippen LogP contribution in [0, 0.1) is 9.39 Å². The zero-order chi connectivity index (χ0) is 9.42. The number of hydrogen-bond acceptors (Lipinski definition) is 2. The predicted octanol–water partition coefficient (Wildman–Crippen LogP) is 2.12. The van der Waals surface area contributed by atoms with Crippen molar-refractivity contribution in [1.29, 1.82) is 0 Å². The van der Waals surface area contributed by atoms with Crippen LogP contribution in [0.3, 0.4) is 0 Å². The number of carbonyl (C=O) groups is 1. The van der Waals surface area contributed by atoms with E-state index in [4.69, 9.17) is 0 Å². The fraction of sp³-hybridized carbons (Fsp3) is 0. The fourth-order valence-corrected chi connectivity index (χ4v) is 1.74. The molecule has 1 N–H and O–H groups in total. The number of nitrogens with one attached hydrogen (secondary N) is 1. The molecule has 0 aliphatic rings. The van der Waals surface area contributed by atoms with E-state index in [1.165, 1.54) is 6.07 Å². The quantitative estimate of drug-likeness (QED) is 0.646. The molecule has 0 radical (unpaired) electrons. The lowest BCUT2D eigenvalue weighted by Gasteiger charge is -1.93. The lowest BCUT2D eigenvalue weighted by molar-refractivity contribution is 0.112. The van der Waals surface area contributed by atoms with Crippen LogP contribution in [-0.2, 0) is 0 Å². The molecule has 2 rings (SSSR count). The van der Waals surface area contributed by atoms with Crippen molar-refractivity contribution in [2.24, 2.45) is 0 Å². The van der Waals surface area contributed by atoms with Crippen molar-refractivity contribution in [2.75, 3.05) is 0 Å². The number of H-pyrrole nitrogens is 1. The summed E-state index contributed by atoms with van der Waals surface area (Å²) in [7, 11) is 0. The van der Waals surface area contributed by atoms with Crippen molar-refractivity contribution in [2.45, 2.75) is 0 Å². The molecule has 66 valence electrons. The van der Waals surface area contributed by atoms with Crippen LogP contribution >= 0.6 is 22.6 Å². The number of halogens is 2. The third-order valence-corrected chi connectivity index (χ3v) is 2.34. The van der Waals surface area contributed by atoms with Gasteiger partial charge in [-0.3, -0.25) is 9.89 Å². The third-order valence-electron chi connectivity index (χ3n) is 1.72. The largest absolute Gasteiger partial charge is 0.296 e. The molecule has 1 aromatic heterocycles. The van der Waals surface area contributed by atoms with Gasteiger partial charge in [0.15, 0.2) is 6.29 Å². The first-order valence-electron chi connectivity index (χ1n) is 3.50. The smallest absolute Gasteiger partial charge is 0.168 e. The molecule has 0 unspecified atom stereocenters. The molecule has 1 aromatic carbocycles. The van der Waals surface area contributed by atoms with Crippen LogP contribution in [0.15, 0.2) is 12.1 Å². The summed E-state index contributed by atoms with van der Waals surface area (Å²) in [5.74, 6) is -0.419. The van der Waals surface area contributed by atoms with Crippen molar-refractivity contribution in [1.82, 2.24) is 10.2 Å². The first-order valence-corrected chi connectivity index (χ1v) is 4.58. The summed E-state index contributed by atoms with van der Waals surface area (Å²) in [6.45, 7) is 0. The molecule has 0 aliphatic carbocycles. The van der Waals surface area contributed by atoms with Gasteiger partial charge in [0, 0.05) is 3.57 Å². The number of benzene rings is 1. The highest BCUT2D eigenvalue weighted by atomic mass is 127. The molecule has 0 spiro atoms. The van der Waals surface area contributed by atoms with E-state index in [1.807, 2.05) is 22.6 Å². The van der Waals surface area contributed by atoms with Gasteiger partial charge in [0.1, 0.15) is 11.5 Å². The molecule has 0 saturated carbocycles. The van der Waals surface area contributed by atoms with Gasteiger partial charge in [0.2, 0.25) is 0 Å². The van der Waals surface area contributed by atoms with Gasteiger partial charge >= 0.3 is 0 Å². The molecule has 0 bridgehead atoms. The maximum atomic E-state index is 13.3. The van der Waals surface area contributed by atoms with Crippen LogP contribution in [0.2, 0.25) is 0 Å². The number of carbonyl (C=O) groups excluding carboxylic acids is 1. The fourth-order valence-electron chi connectivity index (χ4n) is 1.18. The number of nitrogens with zero attached hydrogens (tertiary/aromatic N) is 1. The predicted molar refractivity (Wildman–Crippen MR) is 54.2 cm³/mol. The zero-order valence-corrected chi connectivity index (χ0v) is 8.50. The molecular weight excluding hydrogens is 286 g/mol. The summed E-state index contributed by atoms with van der Waals surface area (Å²) in [6.07, 6.45) is 0.561. The van der Waals surface area contributed by atoms with Gasteiger partial charge in [-0.1, -0.05) is 0 Å². The van der Waals surface area contributed by atoms with Crippen LogP contribution in [-0.4, -0.2) is 16.5 Å². The number of hydrogen-bond donors (Lipinski definition) is 1. The average molecular weight is 290 g/mol. The van der Waals surface area contributed by atoms with Crippen LogP contribution in [0.4, 0.5) is 4.39 Å². The number of rotatable bonds is 1. The summed E-state index contributed by atoms with van der Waals surface area (Å²) in [5, 5.41) is 6.54. The molecule has 0 saturated heterocycles. The van der Waals surface area contributed by atoms with E-state index in [-0.39, 0.29) is 11.1 Å². The van der Waals surface area contributed by atoms with E-state index in [0.29, 0.717) is 11.8 Å². The Labute approximate surface area is 86.5 Å². The number of aromatic amines is 1. The molecule has 2 aromatic rings. The Balaban J connectivity index is 2.89. The highest BCUT2D eigenvalue weighted by Crippen LogP contribution is 2.21. The van der Waals surface area contributed by atoms with E-state index in [2.05, 4.69) is 10.2 Å². The maximum absolute atomic E-state index is 13.3. The standard InChI is InChI=1S/C8H4FIN2O/c9-5-1-4(10)2-6-8(5)7(3-13)12-11-6/h1-3H,(H,11,12). The van der Waals surface area contributed by atoms with Crippen molar-refractivity contribution in [3.05, 3.63) is 27.2 Å². The second-order valence-electron chi connectivity index (χ2n) is 2.54. The second-order valence-corrected chi connectivity index (χ2v) is 3.78. The van der Waals surface area contributed by atoms with Crippen LogP contribution in [0.25, 0.3) is 10.9 Å². The first-order chi connectivity index (χ1) is 6.22. The Bertz CT molecular complexity index is 480.